The Bertz CT molecular complexity index is 1150. The summed E-state index contributed by atoms with van der Waals surface area (Å²) in [6, 6.07) is 17.6. The summed E-state index contributed by atoms with van der Waals surface area (Å²) in [5.41, 5.74) is 1.77. The molecule has 0 unspecified atom stereocenters. The van der Waals surface area contributed by atoms with E-state index in [1.807, 2.05) is 6.07 Å². The number of amides is 1. The molecule has 3 rings (SSSR count). The highest BCUT2D eigenvalue weighted by Crippen LogP contribution is 2.30. The standard InChI is InChI=1S/C20H16Cl2N2O3S/c1-13-6-2-3-10-17(13)24-28(26,27)15-8-4-7-14(12-15)20(25)23-18-11-5-9-16(21)19(18)22/h2-12,24H,1H3,(H,23,25). The molecule has 28 heavy (non-hydrogen) atoms. The molecule has 0 aliphatic carbocycles. The number of para-hydroxylation sites is 1. The van der Waals surface area contributed by atoms with Gasteiger partial charge in [-0.2, -0.15) is 0 Å². The van der Waals surface area contributed by atoms with E-state index in [1.165, 1.54) is 24.3 Å². The van der Waals surface area contributed by atoms with Crippen molar-refractivity contribution >= 4 is 50.5 Å². The molecule has 0 aliphatic rings. The van der Waals surface area contributed by atoms with Crippen LogP contribution >= 0.6 is 23.2 Å². The zero-order valence-corrected chi connectivity index (χ0v) is 17.1. The van der Waals surface area contributed by atoms with Gasteiger partial charge in [0.2, 0.25) is 0 Å². The molecule has 5 nitrogen and oxygen atoms in total. The second-order valence-electron chi connectivity index (χ2n) is 6.00. The number of sulfonamides is 1. The van der Waals surface area contributed by atoms with E-state index in [2.05, 4.69) is 10.0 Å². The molecule has 0 heterocycles. The number of aryl methyl sites for hydroxylation is 1. The van der Waals surface area contributed by atoms with Gasteiger partial charge in [-0.3, -0.25) is 9.52 Å². The Kier molecular flexibility index (Phi) is 5.93. The van der Waals surface area contributed by atoms with Crippen LogP contribution in [0.25, 0.3) is 0 Å². The minimum absolute atomic E-state index is 0.0272. The fourth-order valence-electron chi connectivity index (χ4n) is 2.49. The molecule has 0 saturated carbocycles. The lowest BCUT2D eigenvalue weighted by Gasteiger charge is -2.12. The summed E-state index contributed by atoms with van der Waals surface area (Å²) < 4.78 is 27.9. The van der Waals surface area contributed by atoms with Crippen LogP contribution in [0.2, 0.25) is 10.0 Å². The number of hydrogen-bond donors (Lipinski definition) is 2. The highest BCUT2D eigenvalue weighted by molar-refractivity contribution is 7.92. The molecule has 0 atom stereocenters. The van der Waals surface area contributed by atoms with Crippen molar-refractivity contribution in [2.45, 2.75) is 11.8 Å². The molecule has 0 spiro atoms. The van der Waals surface area contributed by atoms with Gasteiger partial charge >= 0.3 is 0 Å². The fraction of sp³-hybridized carbons (Fsp3) is 0.0500. The summed E-state index contributed by atoms with van der Waals surface area (Å²) in [6.07, 6.45) is 0. The molecule has 0 radical (unpaired) electrons. The first-order chi connectivity index (χ1) is 13.3. The zero-order valence-electron chi connectivity index (χ0n) is 14.7. The van der Waals surface area contributed by atoms with Gasteiger partial charge in [-0.1, -0.05) is 53.5 Å². The normalized spacial score (nSPS) is 11.1. The van der Waals surface area contributed by atoms with Crippen LogP contribution in [-0.2, 0) is 10.0 Å². The van der Waals surface area contributed by atoms with Crippen molar-refractivity contribution in [3.63, 3.8) is 0 Å². The molecule has 1 amide bonds. The third kappa shape index (κ3) is 4.47. The first-order valence-electron chi connectivity index (χ1n) is 8.22. The Morgan fingerprint density at radius 2 is 1.57 bits per heavy atom. The van der Waals surface area contributed by atoms with Gasteiger partial charge in [0.1, 0.15) is 0 Å². The Balaban J connectivity index is 1.86. The van der Waals surface area contributed by atoms with Crippen LogP contribution in [0.1, 0.15) is 15.9 Å². The van der Waals surface area contributed by atoms with Gasteiger partial charge in [-0.15, -0.1) is 0 Å². The van der Waals surface area contributed by atoms with Gasteiger partial charge in [0.15, 0.2) is 0 Å². The van der Waals surface area contributed by atoms with Gasteiger partial charge in [0.05, 0.1) is 26.3 Å². The number of carbonyl (C=O) groups excluding carboxylic acids is 1. The Morgan fingerprint density at radius 1 is 0.893 bits per heavy atom. The van der Waals surface area contributed by atoms with E-state index >= 15 is 0 Å². The number of carbonyl (C=O) groups is 1. The second-order valence-corrected chi connectivity index (χ2v) is 8.47. The molecule has 8 heteroatoms. The van der Waals surface area contributed by atoms with Crippen LogP contribution in [-0.4, -0.2) is 14.3 Å². The summed E-state index contributed by atoms with van der Waals surface area (Å²) in [5.74, 6) is -0.503. The second kappa shape index (κ2) is 8.22. The van der Waals surface area contributed by atoms with Crippen LogP contribution in [0.5, 0.6) is 0 Å². The number of nitrogens with one attached hydrogen (secondary N) is 2. The van der Waals surface area contributed by atoms with Crippen molar-refractivity contribution in [1.29, 1.82) is 0 Å². The highest BCUT2D eigenvalue weighted by atomic mass is 35.5. The van der Waals surface area contributed by atoms with Gasteiger partial charge in [0, 0.05) is 5.56 Å². The molecule has 0 bridgehead atoms. The lowest BCUT2D eigenvalue weighted by molar-refractivity contribution is 0.102. The highest BCUT2D eigenvalue weighted by Gasteiger charge is 2.18. The van der Waals surface area contributed by atoms with E-state index in [0.29, 0.717) is 16.4 Å². The smallest absolute Gasteiger partial charge is 0.261 e. The number of halogens is 2. The molecule has 2 N–H and O–H groups in total. The topological polar surface area (TPSA) is 75.3 Å². The third-order valence-corrected chi connectivity index (χ3v) is 6.18. The molecule has 0 fully saturated rings. The van der Waals surface area contributed by atoms with Crippen LogP contribution in [0.3, 0.4) is 0 Å². The molecular weight excluding hydrogens is 419 g/mol. The molecule has 3 aromatic carbocycles. The van der Waals surface area contributed by atoms with E-state index in [0.717, 1.165) is 5.56 Å². The minimum Gasteiger partial charge on any atom is -0.321 e. The third-order valence-electron chi connectivity index (χ3n) is 4.00. The average Bonchev–Trinajstić information content (AvgIpc) is 2.67. The molecular formula is C20H16Cl2N2O3S. The van der Waals surface area contributed by atoms with Gasteiger partial charge < -0.3 is 5.32 Å². The van der Waals surface area contributed by atoms with Crippen molar-refractivity contribution in [2.24, 2.45) is 0 Å². The predicted molar refractivity (Wildman–Crippen MR) is 113 cm³/mol. The van der Waals surface area contributed by atoms with Crippen molar-refractivity contribution in [3.8, 4) is 0 Å². The summed E-state index contributed by atoms with van der Waals surface area (Å²) in [7, 11) is -3.86. The van der Waals surface area contributed by atoms with Crippen molar-refractivity contribution < 1.29 is 13.2 Å². The summed E-state index contributed by atoms with van der Waals surface area (Å²) in [6.45, 7) is 1.80. The average molecular weight is 435 g/mol. The molecule has 0 aliphatic heterocycles. The number of rotatable bonds is 5. The van der Waals surface area contributed by atoms with Crippen molar-refractivity contribution in [2.75, 3.05) is 10.0 Å². The first-order valence-corrected chi connectivity index (χ1v) is 10.5. The molecule has 144 valence electrons. The maximum Gasteiger partial charge on any atom is 0.261 e. The fourth-order valence-corrected chi connectivity index (χ4v) is 4.01. The molecule has 0 aromatic heterocycles. The number of benzene rings is 3. The van der Waals surface area contributed by atoms with Gasteiger partial charge in [0.25, 0.3) is 15.9 Å². The predicted octanol–water partition coefficient (Wildman–Crippen LogP) is 5.35. The van der Waals surface area contributed by atoms with Crippen LogP contribution in [0.4, 0.5) is 11.4 Å². The SMILES string of the molecule is Cc1ccccc1NS(=O)(=O)c1cccc(C(=O)Nc2cccc(Cl)c2Cl)c1. The number of anilines is 2. The van der Waals surface area contributed by atoms with E-state index in [9.17, 15) is 13.2 Å². The maximum atomic E-state index is 12.7. The number of hydrogen-bond acceptors (Lipinski definition) is 3. The quantitative estimate of drug-likeness (QED) is 0.567. The summed E-state index contributed by atoms with van der Waals surface area (Å²) in [5, 5.41) is 3.15. The Morgan fingerprint density at radius 3 is 2.32 bits per heavy atom. The van der Waals surface area contributed by atoms with Crippen LogP contribution < -0.4 is 10.0 Å². The van der Waals surface area contributed by atoms with Crippen molar-refractivity contribution in [3.05, 3.63) is 87.9 Å². The van der Waals surface area contributed by atoms with E-state index in [1.54, 1.807) is 43.3 Å². The first kappa shape index (κ1) is 20.2. The lowest BCUT2D eigenvalue weighted by atomic mass is 10.2. The molecule has 3 aromatic rings. The monoisotopic (exact) mass is 434 g/mol. The zero-order chi connectivity index (χ0) is 20.3. The summed E-state index contributed by atoms with van der Waals surface area (Å²) in [4.78, 5) is 12.5. The lowest BCUT2D eigenvalue weighted by Crippen LogP contribution is -2.16. The van der Waals surface area contributed by atoms with Gasteiger partial charge in [-0.05, 0) is 48.9 Å². The largest absolute Gasteiger partial charge is 0.321 e. The van der Waals surface area contributed by atoms with Crippen molar-refractivity contribution in [1.82, 2.24) is 0 Å². The van der Waals surface area contributed by atoms with E-state index in [-0.39, 0.29) is 15.5 Å². The minimum atomic E-state index is -3.86. The van der Waals surface area contributed by atoms with Gasteiger partial charge in [-0.25, -0.2) is 8.42 Å². The van der Waals surface area contributed by atoms with E-state index in [4.69, 9.17) is 23.2 Å². The van der Waals surface area contributed by atoms with Crippen LogP contribution in [0.15, 0.2) is 71.6 Å². The molecule has 0 saturated heterocycles. The Hall–Kier alpha value is -2.54. The van der Waals surface area contributed by atoms with E-state index < -0.39 is 15.9 Å². The maximum absolute atomic E-state index is 12.7. The van der Waals surface area contributed by atoms with Crippen LogP contribution in [0, 0.1) is 6.92 Å². The Labute approximate surface area is 173 Å². The summed E-state index contributed by atoms with van der Waals surface area (Å²) >= 11 is 12.0.